The molecule has 3 N–H and O–H groups in total. The van der Waals surface area contributed by atoms with Crippen LogP contribution in [-0.4, -0.2) is 30.5 Å². The van der Waals surface area contributed by atoms with Gasteiger partial charge in [0.15, 0.2) is 5.82 Å². The lowest BCUT2D eigenvalue weighted by Crippen LogP contribution is -2.22. The minimum atomic E-state index is 0.0623. The van der Waals surface area contributed by atoms with Gasteiger partial charge in [-0.2, -0.15) is 0 Å². The van der Waals surface area contributed by atoms with Crippen LogP contribution in [0.2, 0.25) is 0 Å². The number of carbonyl (C=O) groups excluding carboxylic acids is 1. The lowest BCUT2D eigenvalue weighted by atomic mass is 10.0. The third-order valence-corrected chi connectivity index (χ3v) is 3.99. The van der Waals surface area contributed by atoms with Crippen LogP contribution in [0.3, 0.4) is 0 Å². The maximum absolute atomic E-state index is 12.1. The highest BCUT2D eigenvalue weighted by molar-refractivity contribution is 5.93. The molecule has 2 heterocycles. The molecule has 1 unspecified atom stereocenters. The van der Waals surface area contributed by atoms with Crippen LogP contribution in [0.15, 0.2) is 18.3 Å². The predicted molar refractivity (Wildman–Crippen MR) is 86.4 cm³/mol. The first-order valence-electron chi connectivity index (χ1n) is 7.90. The summed E-state index contributed by atoms with van der Waals surface area (Å²) in [7, 11) is 0. The molecule has 1 atom stereocenters. The minimum Gasteiger partial charge on any atom is -0.355 e. The second-order valence-corrected chi connectivity index (χ2v) is 5.84. The Morgan fingerprint density at radius 3 is 2.90 bits per heavy atom. The Labute approximate surface area is 126 Å². The van der Waals surface area contributed by atoms with Crippen molar-refractivity contribution in [2.24, 2.45) is 11.7 Å². The van der Waals surface area contributed by atoms with Gasteiger partial charge < -0.3 is 16.0 Å². The number of nitrogens with one attached hydrogen (secondary N) is 1. The average molecular weight is 290 g/mol. The van der Waals surface area contributed by atoms with Crippen LogP contribution >= 0.6 is 0 Å². The van der Waals surface area contributed by atoms with Crippen molar-refractivity contribution in [1.82, 2.24) is 4.98 Å². The highest BCUT2D eigenvalue weighted by Crippen LogP contribution is 2.26. The molecule has 0 saturated carbocycles. The van der Waals surface area contributed by atoms with Crippen molar-refractivity contribution in [3.8, 4) is 0 Å². The van der Waals surface area contributed by atoms with Crippen LogP contribution in [0.5, 0.6) is 0 Å². The third kappa shape index (κ3) is 4.70. The lowest BCUT2D eigenvalue weighted by molar-refractivity contribution is -0.116. The normalized spacial score (nSPS) is 16.0. The zero-order chi connectivity index (χ0) is 15.1. The Hall–Kier alpha value is -1.62. The summed E-state index contributed by atoms with van der Waals surface area (Å²) in [6.07, 6.45) is 6.56. The molecule has 0 bridgehead atoms. The standard InChI is InChI=1S/C16H26N4O/c1-13(8-9-17)6-7-15(21)19-14-5-4-10-18-16(14)20-11-2-3-12-20/h4-5,10,13H,2-3,6-9,11-12,17H2,1H3,(H,19,21). The Morgan fingerprint density at radius 1 is 1.43 bits per heavy atom. The van der Waals surface area contributed by atoms with Crippen molar-refractivity contribution >= 4 is 17.4 Å². The second-order valence-electron chi connectivity index (χ2n) is 5.84. The fourth-order valence-corrected chi connectivity index (χ4v) is 2.69. The van der Waals surface area contributed by atoms with Crippen molar-refractivity contribution in [1.29, 1.82) is 0 Å². The molecule has 116 valence electrons. The van der Waals surface area contributed by atoms with E-state index in [9.17, 15) is 4.79 Å². The maximum atomic E-state index is 12.1. The summed E-state index contributed by atoms with van der Waals surface area (Å²) in [4.78, 5) is 18.8. The van der Waals surface area contributed by atoms with Crippen LogP contribution in [-0.2, 0) is 4.79 Å². The molecule has 5 nitrogen and oxygen atoms in total. The molecule has 0 aromatic carbocycles. The van der Waals surface area contributed by atoms with Gasteiger partial charge in [-0.1, -0.05) is 6.92 Å². The number of nitrogens with zero attached hydrogens (tertiary/aromatic N) is 2. The number of anilines is 2. The van der Waals surface area contributed by atoms with Crippen LogP contribution in [0.1, 0.15) is 39.0 Å². The monoisotopic (exact) mass is 290 g/mol. The van der Waals surface area contributed by atoms with Crippen molar-refractivity contribution in [2.45, 2.75) is 39.0 Å². The van der Waals surface area contributed by atoms with Gasteiger partial charge in [-0.15, -0.1) is 0 Å². The molecule has 1 aliphatic heterocycles. The maximum Gasteiger partial charge on any atom is 0.224 e. The van der Waals surface area contributed by atoms with Gasteiger partial charge in [-0.3, -0.25) is 4.79 Å². The second kappa shape index (κ2) is 7.98. The van der Waals surface area contributed by atoms with Crippen molar-refractivity contribution in [3.63, 3.8) is 0 Å². The molecule has 1 fully saturated rings. The average Bonchev–Trinajstić information content (AvgIpc) is 3.00. The number of pyridine rings is 1. The lowest BCUT2D eigenvalue weighted by Gasteiger charge is -2.20. The van der Waals surface area contributed by atoms with Crippen molar-refractivity contribution < 1.29 is 4.79 Å². The van der Waals surface area contributed by atoms with E-state index in [4.69, 9.17) is 5.73 Å². The van der Waals surface area contributed by atoms with Gasteiger partial charge in [0.25, 0.3) is 0 Å². The first-order chi connectivity index (χ1) is 10.2. The molecule has 1 aromatic rings. The van der Waals surface area contributed by atoms with E-state index in [1.807, 2.05) is 12.1 Å². The summed E-state index contributed by atoms with van der Waals surface area (Å²) in [5.74, 6) is 1.46. The zero-order valence-electron chi connectivity index (χ0n) is 12.8. The summed E-state index contributed by atoms with van der Waals surface area (Å²) < 4.78 is 0. The highest BCUT2D eigenvalue weighted by atomic mass is 16.1. The Morgan fingerprint density at radius 2 is 2.19 bits per heavy atom. The number of rotatable bonds is 7. The SMILES string of the molecule is CC(CCN)CCC(=O)Nc1cccnc1N1CCCC1. The van der Waals surface area contributed by atoms with Crippen LogP contribution in [0.25, 0.3) is 0 Å². The Bertz CT molecular complexity index is 457. The summed E-state index contributed by atoms with van der Waals surface area (Å²) in [6, 6.07) is 3.80. The summed E-state index contributed by atoms with van der Waals surface area (Å²) in [5, 5.41) is 3.01. The van der Waals surface area contributed by atoms with Gasteiger partial charge in [0, 0.05) is 25.7 Å². The molecule has 1 amide bonds. The zero-order valence-corrected chi connectivity index (χ0v) is 12.8. The molecule has 0 radical (unpaired) electrons. The fourth-order valence-electron chi connectivity index (χ4n) is 2.69. The minimum absolute atomic E-state index is 0.0623. The molecule has 1 saturated heterocycles. The van der Waals surface area contributed by atoms with E-state index < -0.39 is 0 Å². The molecular formula is C16H26N4O. The van der Waals surface area contributed by atoms with E-state index in [-0.39, 0.29) is 5.91 Å². The molecule has 1 aliphatic rings. The van der Waals surface area contributed by atoms with E-state index in [2.05, 4.69) is 22.1 Å². The first-order valence-corrected chi connectivity index (χ1v) is 7.90. The van der Waals surface area contributed by atoms with Gasteiger partial charge in [0.2, 0.25) is 5.91 Å². The Balaban J connectivity index is 1.91. The predicted octanol–water partition coefficient (Wildman–Crippen LogP) is 2.39. The van der Waals surface area contributed by atoms with Crippen molar-refractivity contribution in [2.75, 3.05) is 29.9 Å². The largest absolute Gasteiger partial charge is 0.355 e. The van der Waals surface area contributed by atoms with E-state index in [0.717, 1.165) is 37.4 Å². The van der Waals surface area contributed by atoms with Crippen LogP contribution < -0.4 is 16.0 Å². The molecule has 0 aliphatic carbocycles. The van der Waals surface area contributed by atoms with E-state index in [0.29, 0.717) is 18.9 Å². The van der Waals surface area contributed by atoms with Gasteiger partial charge in [-0.05, 0) is 50.3 Å². The number of nitrogens with two attached hydrogens (primary N) is 1. The third-order valence-electron chi connectivity index (χ3n) is 3.99. The highest BCUT2D eigenvalue weighted by Gasteiger charge is 2.18. The number of carbonyl (C=O) groups is 1. The van der Waals surface area contributed by atoms with E-state index in [1.54, 1.807) is 6.20 Å². The van der Waals surface area contributed by atoms with Gasteiger partial charge in [0.05, 0.1) is 5.69 Å². The molecule has 2 rings (SSSR count). The number of hydrogen-bond donors (Lipinski definition) is 2. The summed E-state index contributed by atoms with van der Waals surface area (Å²) >= 11 is 0. The fraction of sp³-hybridized carbons (Fsp3) is 0.625. The molecular weight excluding hydrogens is 264 g/mol. The quantitative estimate of drug-likeness (QED) is 0.809. The van der Waals surface area contributed by atoms with E-state index in [1.165, 1.54) is 12.8 Å². The number of hydrogen-bond acceptors (Lipinski definition) is 4. The van der Waals surface area contributed by atoms with Crippen LogP contribution in [0.4, 0.5) is 11.5 Å². The van der Waals surface area contributed by atoms with Gasteiger partial charge >= 0.3 is 0 Å². The first kappa shape index (κ1) is 15.8. The topological polar surface area (TPSA) is 71.2 Å². The summed E-state index contributed by atoms with van der Waals surface area (Å²) in [6.45, 7) is 4.87. The molecule has 1 aromatic heterocycles. The van der Waals surface area contributed by atoms with Crippen LogP contribution in [0, 0.1) is 5.92 Å². The molecule has 0 spiro atoms. The van der Waals surface area contributed by atoms with Gasteiger partial charge in [0.1, 0.15) is 0 Å². The Kier molecular flexibility index (Phi) is 5.99. The van der Waals surface area contributed by atoms with Gasteiger partial charge in [-0.25, -0.2) is 4.98 Å². The van der Waals surface area contributed by atoms with Crippen molar-refractivity contribution in [3.05, 3.63) is 18.3 Å². The summed E-state index contributed by atoms with van der Waals surface area (Å²) in [5.41, 5.74) is 6.36. The number of amides is 1. The number of aromatic nitrogens is 1. The smallest absolute Gasteiger partial charge is 0.224 e. The molecule has 5 heteroatoms. The molecule has 21 heavy (non-hydrogen) atoms. The van der Waals surface area contributed by atoms with E-state index >= 15 is 0 Å².